The number of benzene rings is 2. The van der Waals surface area contributed by atoms with Gasteiger partial charge in [0.1, 0.15) is 24.0 Å². The molecule has 2 aliphatic rings. The van der Waals surface area contributed by atoms with Crippen LogP contribution in [-0.4, -0.2) is 64.4 Å². The Hall–Kier alpha value is -3.95. The number of aromatic amines is 1. The van der Waals surface area contributed by atoms with Crippen LogP contribution in [0.4, 0.5) is 4.39 Å². The van der Waals surface area contributed by atoms with Crippen molar-refractivity contribution in [3.63, 3.8) is 0 Å². The molecule has 188 valence electrons. The summed E-state index contributed by atoms with van der Waals surface area (Å²) in [7, 11) is 0. The molecule has 0 unspecified atom stereocenters. The fourth-order valence-corrected chi connectivity index (χ4v) is 5.08. The van der Waals surface area contributed by atoms with Crippen molar-refractivity contribution in [2.45, 2.75) is 44.7 Å². The second kappa shape index (κ2) is 9.96. The molecule has 3 heterocycles. The number of H-pyrrole nitrogens is 1. The molecule has 2 bridgehead atoms. The average molecular weight is 494 g/mol. The Balaban J connectivity index is 1.38. The SMILES string of the molecule is Cc1nc2ccc(CC(=O)N3[C@@H]4CC[C@H]3CC(=O)NCCOc3ccc(F)cc3C(=O)NC4)cc2[nH]1. The Morgan fingerprint density at radius 3 is 2.83 bits per heavy atom. The molecule has 2 aliphatic heterocycles. The van der Waals surface area contributed by atoms with E-state index in [0.29, 0.717) is 12.8 Å². The maximum atomic E-state index is 13.9. The van der Waals surface area contributed by atoms with Crippen LogP contribution >= 0.6 is 0 Å². The lowest BCUT2D eigenvalue weighted by molar-refractivity contribution is -0.134. The van der Waals surface area contributed by atoms with E-state index < -0.39 is 11.7 Å². The number of ether oxygens (including phenoxy) is 1. The lowest BCUT2D eigenvalue weighted by Gasteiger charge is -2.31. The first-order valence-electron chi connectivity index (χ1n) is 12.1. The van der Waals surface area contributed by atoms with Crippen LogP contribution in [0.2, 0.25) is 0 Å². The van der Waals surface area contributed by atoms with Gasteiger partial charge < -0.3 is 25.3 Å². The minimum atomic E-state index is -0.552. The number of hydrogen-bond acceptors (Lipinski definition) is 5. The molecule has 0 radical (unpaired) electrons. The monoisotopic (exact) mass is 493 g/mol. The second-order valence-corrected chi connectivity index (χ2v) is 9.29. The largest absolute Gasteiger partial charge is 0.491 e. The van der Waals surface area contributed by atoms with E-state index in [-0.39, 0.29) is 67.7 Å². The highest BCUT2D eigenvalue weighted by Crippen LogP contribution is 2.28. The maximum absolute atomic E-state index is 13.9. The molecule has 3 aromatic rings. The second-order valence-electron chi connectivity index (χ2n) is 9.29. The third-order valence-electron chi connectivity index (χ3n) is 6.72. The van der Waals surface area contributed by atoms with E-state index in [1.807, 2.05) is 25.1 Å². The van der Waals surface area contributed by atoms with Gasteiger partial charge in [0.05, 0.1) is 29.6 Å². The number of aryl methyl sites for hydroxylation is 1. The molecule has 1 fully saturated rings. The summed E-state index contributed by atoms with van der Waals surface area (Å²) in [5.74, 6) is -0.263. The van der Waals surface area contributed by atoms with Crippen LogP contribution in [0.3, 0.4) is 0 Å². The molecule has 3 amide bonds. The molecule has 0 saturated carbocycles. The molecule has 5 rings (SSSR count). The van der Waals surface area contributed by atoms with Crippen molar-refractivity contribution in [1.29, 1.82) is 0 Å². The van der Waals surface area contributed by atoms with E-state index in [0.717, 1.165) is 28.5 Å². The number of carbonyl (C=O) groups excluding carboxylic acids is 3. The van der Waals surface area contributed by atoms with Crippen LogP contribution in [0.15, 0.2) is 36.4 Å². The van der Waals surface area contributed by atoms with E-state index in [2.05, 4.69) is 20.6 Å². The number of imidazole rings is 1. The predicted octanol–water partition coefficient (Wildman–Crippen LogP) is 2.24. The van der Waals surface area contributed by atoms with Gasteiger partial charge in [-0.25, -0.2) is 9.37 Å². The van der Waals surface area contributed by atoms with Crippen LogP contribution in [-0.2, 0) is 16.0 Å². The summed E-state index contributed by atoms with van der Waals surface area (Å²) < 4.78 is 19.5. The Morgan fingerprint density at radius 1 is 1.14 bits per heavy atom. The zero-order chi connectivity index (χ0) is 25.2. The first-order chi connectivity index (χ1) is 17.4. The van der Waals surface area contributed by atoms with Gasteiger partial charge in [0.2, 0.25) is 11.8 Å². The molecule has 0 spiro atoms. The van der Waals surface area contributed by atoms with Gasteiger partial charge in [0, 0.05) is 25.0 Å². The highest BCUT2D eigenvalue weighted by molar-refractivity contribution is 5.97. The first-order valence-corrected chi connectivity index (χ1v) is 12.1. The Labute approximate surface area is 207 Å². The van der Waals surface area contributed by atoms with Gasteiger partial charge in [-0.15, -0.1) is 0 Å². The van der Waals surface area contributed by atoms with Crippen LogP contribution < -0.4 is 15.4 Å². The minimum Gasteiger partial charge on any atom is -0.491 e. The van der Waals surface area contributed by atoms with Gasteiger partial charge in [-0.05, 0) is 55.7 Å². The molecule has 1 saturated heterocycles. The van der Waals surface area contributed by atoms with Gasteiger partial charge in [-0.2, -0.15) is 0 Å². The molecule has 2 aromatic carbocycles. The van der Waals surface area contributed by atoms with Crippen LogP contribution in [0, 0.1) is 12.7 Å². The predicted molar refractivity (Wildman–Crippen MR) is 130 cm³/mol. The summed E-state index contributed by atoms with van der Waals surface area (Å²) in [6.07, 6.45) is 1.64. The van der Waals surface area contributed by atoms with Crippen LogP contribution in [0.5, 0.6) is 5.75 Å². The van der Waals surface area contributed by atoms with E-state index in [9.17, 15) is 18.8 Å². The summed E-state index contributed by atoms with van der Waals surface area (Å²) >= 11 is 0. The highest BCUT2D eigenvalue weighted by Gasteiger charge is 2.38. The number of rotatable bonds is 2. The van der Waals surface area contributed by atoms with E-state index >= 15 is 0 Å². The summed E-state index contributed by atoms with van der Waals surface area (Å²) in [6, 6.07) is 8.87. The smallest absolute Gasteiger partial charge is 0.255 e. The number of carbonyl (C=O) groups is 3. The van der Waals surface area contributed by atoms with E-state index in [4.69, 9.17) is 4.74 Å². The molecule has 10 heteroatoms. The number of fused-ring (bicyclic) bond motifs is 4. The van der Waals surface area contributed by atoms with Crippen molar-refractivity contribution < 1.29 is 23.5 Å². The molecular weight excluding hydrogens is 465 g/mol. The van der Waals surface area contributed by atoms with Crippen LogP contribution in [0.25, 0.3) is 11.0 Å². The van der Waals surface area contributed by atoms with Crippen LogP contribution in [0.1, 0.15) is 41.0 Å². The number of amides is 3. The van der Waals surface area contributed by atoms with Gasteiger partial charge in [-0.1, -0.05) is 6.07 Å². The molecule has 2 atom stereocenters. The molecule has 1 aromatic heterocycles. The number of aromatic nitrogens is 2. The van der Waals surface area contributed by atoms with E-state index in [1.54, 1.807) is 4.90 Å². The van der Waals surface area contributed by atoms with Crippen molar-refractivity contribution in [3.8, 4) is 5.75 Å². The maximum Gasteiger partial charge on any atom is 0.255 e. The standard InChI is InChI=1S/C26H28FN5O4/c1-15-30-21-6-2-16(10-22(21)31-15)11-25(34)32-18-4-5-19(32)14-29-26(35)20-12-17(27)3-7-23(20)36-9-8-28-24(33)13-18/h2-3,6-7,10,12,18-19H,4-5,8-9,11,13-14H2,1H3,(H,28,33)(H,29,35)(H,30,31)/t18-,19+/m0/s1. The number of hydrogen-bond donors (Lipinski definition) is 3. The average Bonchev–Trinajstić information content (AvgIpc) is 3.42. The number of halogens is 1. The topological polar surface area (TPSA) is 116 Å². The third-order valence-corrected chi connectivity index (χ3v) is 6.72. The summed E-state index contributed by atoms with van der Waals surface area (Å²) in [4.78, 5) is 48.4. The molecule has 9 nitrogen and oxygen atoms in total. The number of nitrogens with one attached hydrogen (secondary N) is 3. The van der Waals surface area contributed by atoms with E-state index in [1.165, 1.54) is 12.1 Å². The van der Waals surface area contributed by atoms with Gasteiger partial charge >= 0.3 is 0 Å². The number of nitrogens with zero attached hydrogens (tertiary/aromatic N) is 2. The minimum absolute atomic E-state index is 0.0777. The molecule has 36 heavy (non-hydrogen) atoms. The summed E-state index contributed by atoms with van der Waals surface area (Å²) in [5.41, 5.74) is 2.61. The molecule has 3 N–H and O–H groups in total. The van der Waals surface area contributed by atoms with Crippen molar-refractivity contribution in [2.24, 2.45) is 0 Å². The quantitative estimate of drug-likeness (QED) is 0.506. The summed E-state index contributed by atoms with van der Waals surface area (Å²) in [6.45, 7) is 2.42. The van der Waals surface area contributed by atoms with Gasteiger partial charge in [0.25, 0.3) is 5.91 Å². The van der Waals surface area contributed by atoms with Crippen molar-refractivity contribution in [1.82, 2.24) is 25.5 Å². The van der Waals surface area contributed by atoms with Crippen molar-refractivity contribution >= 4 is 28.8 Å². The molecular formula is C26H28FN5O4. The zero-order valence-electron chi connectivity index (χ0n) is 20.0. The van der Waals surface area contributed by atoms with Crippen molar-refractivity contribution in [3.05, 3.63) is 59.2 Å². The summed E-state index contributed by atoms with van der Waals surface area (Å²) in [5, 5.41) is 5.66. The fraction of sp³-hybridized carbons (Fsp3) is 0.385. The van der Waals surface area contributed by atoms with Gasteiger partial charge in [-0.3, -0.25) is 14.4 Å². The highest BCUT2D eigenvalue weighted by atomic mass is 19.1. The normalized spacial score (nSPS) is 20.8. The Bertz CT molecular complexity index is 1320. The zero-order valence-corrected chi connectivity index (χ0v) is 20.0. The van der Waals surface area contributed by atoms with Gasteiger partial charge in [0.15, 0.2) is 0 Å². The third kappa shape index (κ3) is 5.02. The lowest BCUT2D eigenvalue weighted by Crippen LogP contribution is -2.48. The Morgan fingerprint density at radius 2 is 1.97 bits per heavy atom. The Kier molecular flexibility index (Phi) is 6.58. The lowest BCUT2D eigenvalue weighted by atomic mass is 10.1. The molecule has 0 aliphatic carbocycles. The fourth-order valence-electron chi connectivity index (χ4n) is 5.08. The van der Waals surface area contributed by atoms with Crippen molar-refractivity contribution in [2.75, 3.05) is 19.7 Å². The first kappa shape index (κ1) is 23.8.